The third kappa shape index (κ3) is 2.84. The normalized spacial score (nSPS) is 18.4. The molecule has 2 N–H and O–H groups in total. The molecule has 1 saturated heterocycles. The molecule has 0 aliphatic carbocycles. The number of amides is 1. The Morgan fingerprint density at radius 1 is 1.37 bits per heavy atom. The monoisotopic (exact) mass is 270 g/mol. The molecule has 19 heavy (non-hydrogen) atoms. The van der Waals surface area contributed by atoms with Gasteiger partial charge in [-0.2, -0.15) is 0 Å². The number of halogens is 2. The molecule has 1 aromatic rings. The van der Waals surface area contributed by atoms with Crippen molar-refractivity contribution < 1.29 is 18.3 Å². The maximum absolute atomic E-state index is 13.4. The zero-order valence-corrected chi connectivity index (χ0v) is 10.9. The SMILES string of the molecule is CC1(C)CN(C(=O)c2cc(F)c(N)c(F)c2)CCO1. The van der Waals surface area contributed by atoms with Gasteiger partial charge in [0.15, 0.2) is 0 Å². The van der Waals surface area contributed by atoms with Crippen LogP contribution in [0.1, 0.15) is 24.2 Å². The number of nitrogen functional groups attached to an aromatic ring is 1. The molecule has 0 radical (unpaired) electrons. The minimum atomic E-state index is -0.920. The number of hydrogen-bond acceptors (Lipinski definition) is 3. The van der Waals surface area contributed by atoms with Gasteiger partial charge in [0.05, 0.1) is 12.2 Å². The highest BCUT2D eigenvalue weighted by Crippen LogP contribution is 2.21. The third-order valence-electron chi connectivity index (χ3n) is 3.04. The van der Waals surface area contributed by atoms with Crippen molar-refractivity contribution in [3.63, 3.8) is 0 Å². The van der Waals surface area contributed by atoms with Gasteiger partial charge in [0.25, 0.3) is 5.91 Å². The second-order valence-corrected chi connectivity index (χ2v) is 5.19. The molecule has 0 spiro atoms. The number of nitrogens with two attached hydrogens (primary N) is 1. The molecule has 104 valence electrons. The summed E-state index contributed by atoms with van der Waals surface area (Å²) in [7, 11) is 0. The number of carbonyl (C=O) groups excluding carboxylic acids is 1. The van der Waals surface area contributed by atoms with Gasteiger partial charge in [0.2, 0.25) is 0 Å². The van der Waals surface area contributed by atoms with Crippen LogP contribution in [0.25, 0.3) is 0 Å². The largest absolute Gasteiger partial charge is 0.394 e. The van der Waals surface area contributed by atoms with Crippen molar-refractivity contribution in [1.82, 2.24) is 4.90 Å². The van der Waals surface area contributed by atoms with Crippen molar-refractivity contribution in [3.8, 4) is 0 Å². The number of hydrogen-bond donors (Lipinski definition) is 1. The van der Waals surface area contributed by atoms with Gasteiger partial charge in [0.1, 0.15) is 17.3 Å². The summed E-state index contributed by atoms with van der Waals surface area (Å²) in [6.07, 6.45) is 0. The van der Waals surface area contributed by atoms with E-state index in [1.54, 1.807) is 0 Å². The van der Waals surface area contributed by atoms with Gasteiger partial charge in [-0.1, -0.05) is 0 Å². The van der Waals surface area contributed by atoms with Crippen molar-refractivity contribution in [2.24, 2.45) is 0 Å². The maximum Gasteiger partial charge on any atom is 0.254 e. The van der Waals surface area contributed by atoms with Crippen molar-refractivity contribution in [3.05, 3.63) is 29.3 Å². The first-order valence-electron chi connectivity index (χ1n) is 5.98. The molecule has 4 nitrogen and oxygen atoms in total. The Kier molecular flexibility index (Phi) is 3.45. The molecule has 1 aliphatic heterocycles. The van der Waals surface area contributed by atoms with Gasteiger partial charge in [-0.3, -0.25) is 4.79 Å². The lowest BCUT2D eigenvalue weighted by Crippen LogP contribution is -2.50. The molecular formula is C13H16F2N2O2. The Morgan fingerprint density at radius 2 is 1.95 bits per heavy atom. The quantitative estimate of drug-likeness (QED) is 0.792. The van der Waals surface area contributed by atoms with E-state index in [9.17, 15) is 13.6 Å². The van der Waals surface area contributed by atoms with E-state index in [1.807, 2.05) is 13.8 Å². The third-order valence-corrected chi connectivity index (χ3v) is 3.04. The Balaban J connectivity index is 2.25. The van der Waals surface area contributed by atoms with Crippen molar-refractivity contribution in [1.29, 1.82) is 0 Å². The first kappa shape index (κ1) is 13.7. The van der Waals surface area contributed by atoms with Crippen LogP contribution >= 0.6 is 0 Å². The molecule has 1 aromatic carbocycles. The number of ether oxygens (including phenoxy) is 1. The van der Waals surface area contributed by atoms with E-state index in [4.69, 9.17) is 10.5 Å². The van der Waals surface area contributed by atoms with Crippen LogP contribution in [0.15, 0.2) is 12.1 Å². The van der Waals surface area contributed by atoms with Gasteiger partial charge in [-0.15, -0.1) is 0 Å². The molecule has 0 unspecified atom stereocenters. The fraction of sp³-hybridized carbons (Fsp3) is 0.462. The van der Waals surface area contributed by atoms with Crippen molar-refractivity contribution >= 4 is 11.6 Å². The van der Waals surface area contributed by atoms with Crippen LogP contribution < -0.4 is 5.73 Å². The fourth-order valence-electron chi connectivity index (χ4n) is 2.08. The van der Waals surface area contributed by atoms with Crippen LogP contribution in [0, 0.1) is 11.6 Å². The highest BCUT2D eigenvalue weighted by atomic mass is 19.1. The van der Waals surface area contributed by atoms with E-state index in [-0.39, 0.29) is 5.56 Å². The van der Waals surface area contributed by atoms with Crippen LogP contribution in [-0.4, -0.2) is 36.1 Å². The molecular weight excluding hydrogens is 254 g/mol. The van der Waals surface area contributed by atoms with E-state index in [0.29, 0.717) is 19.7 Å². The number of carbonyl (C=O) groups is 1. The average Bonchev–Trinajstić information content (AvgIpc) is 2.33. The molecule has 6 heteroatoms. The number of benzene rings is 1. The van der Waals surface area contributed by atoms with Gasteiger partial charge >= 0.3 is 0 Å². The van der Waals surface area contributed by atoms with Crippen LogP contribution in [0.4, 0.5) is 14.5 Å². The van der Waals surface area contributed by atoms with Crippen LogP contribution in [0.3, 0.4) is 0 Å². The predicted molar refractivity (Wildman–Crippen MR) is 66.7 cm³/mol. The summed E-state index contributed by atoms with van der Waals surface area (Å²) >= 11 is 0. The molecule has 1 fully saturated rings. The molecule has 2 rings (SSSR count). The molecule has 0 bridgehead atoms. The number of nitrogens with zero attached hydrogens (tertiary/aromatic N) is 1. The summed E-state index contributed by atoms with van der Waals surface area (Å²) in [4.78, 5) is 13.7. The zero-order chi connectivity index (χ0) is 14.2. The summed E-state index contributed by atoms with van der Waals surface area (Å²) in [5.74, 6) is -2.26. The molecule has 0 aromatic heterocycles. The molecule has 1 heterocycles. The Hall–Kier alpha value is -1.69. The lowest BCUT2D eigenvalue weighted by atomic mass is 10.1. The lowest BCUT2D eigenvalue weighted by molar-refractivity contribution is -0.0764. The minimum Gasteiger partial charge on any atom is -0.394 e. The first-order chi connectivity index (χ1) is 8.80. The lowest BCUT2D eigenvalue weighted by Gasteiger charge is -2.38. The second-order valence-electron chi connectivity index (χ2n) is 5.19. The summed E-state index contributed by atoms with van der Waals surface area (Å²) in [5.41, 5.74) is 4.11. The topological polar surface area (TPSA) is 55.6 Å². The fourth-order valence-corrected chi connectivity index (χ4v) is 2.08. The van der Waals surface area contributed by atoms with E-state index in [0.717, 1.165) is 12.1 Å². The average molecular weight is 270 g/mol. The van der Waals surface area contributed by atoms with Crippen LogP contribution in [-0.2, 0) is 4.74 Å². The molecule has 1 aliphatic rings. The number of morpholine rings is 1. The number of anilines is 1. The highest BCUT2D eigenvalue weighted by molar-refractivity contribution is 5.94. The van der Waals surface area contributed by atoms with E-state index < -0.39 is 28.8 Å². The Bertz CT molecular complexity index is 494. The zero-order valence-electron chi connectivity index (χ0n) is 10.9. The Morgan fingerprint density at radius 3 is 2.47 bits per heavy atom. The summed E-state index contributed by atoms with van der Waals surface area (Å²) < 4.78 is 32.2. The molecule has 0 atom stereocenters. The summed E-state index contributed by atoms with van der Waals surface area (Å²) in [5, 5.41) is 0. The van der Waals surface area contributed by atoms with Crippen molar-refractivity contribution in [2.45, 2.75) is 19.4 Å². The Labute approximate surface area is 110 Å². The van der Waals surface area contributed by atoms with Gasteiger partial charge in [-0.25, -0.2) is 8.78 Å². The van der Waals surface area contributed by atoms with Crippen molar-refractivity contribution in [2.75, 3.05) is 25.4 Å². The highest BCUT2D eigenvalue weighted by Gasteiger charge is 2.30. The first-order valence-corrected chi connectivity index (χ1v) is 5.98. The second kappa shape index (κ2) is 4.77. The van der Waals surface area contributed by atoms with E-state index in [2.05, 4.69) is 0 Å². The molecule has 0 saturated carbocycles. The maximum atomic E-state index is 13.4. The summed E-state index contributed by atoms with van der Waals surface area (Å²) in [6.45, 7) is 4.89. The van der Waals surface area contributed by atoms with Gasteiger partial charge in [-0.05, 0) is 26.0 Å². The standard InChI is InChI=1S/C13H16F2N2O2/c1-13(2)7-17(3-4-19-13)12(18)8-5-9(14)11(16)10(15)6-8/h5-6H,3-4,7,16H2,1-2H3. The number of rotatable bonds is 1. The van der Waals surface area contributed by atoms with E-state index >= 15 is 0 Å². The predicted octanol–water partition coefficient (Wildman–Crippen LogP) is 1.80. The van der Waals surface area contributed by atoms with Crippen LogP contribution in [0.5, 0.6) is 0 Å². The molecule has 1 amide bonds. The summed E-state index contributed by atoms with van der Waals surface area (Å²) in [6, 6.07) is 1.92. The van der Waals surface area contributed by atoms with Gasteiger partial charge < -0.3 is 15.4 Å². The minimum absolute atomic E-state index is 0.0399. The van der Waals surface area contributed by atoms with Crippen LogP contribution in [0.2, 0.25) is 0 Å². The van der Waals surface area contributed by atoms with E-state index in [1.165, 1.54) is 4.90 Å². The smallest absolute Gasteiger partial charge is 0.254 e. The van der Waals surface area contributed by atoms with Gasteiger partial charge in [0, 0.05) is 18.7 Å².